The van der Waals surface area contributed by atoms with Gasteiger partial charge in [-0.15, -0.1) is 0 Å². The molecule has 1 atom stereocenters. The van der Waals surface area contributed by atoms with Crippen LogP contribution in [0.1, 0.15) is 26.7 Å². The van der Waals surface area contributed by atoms with Gasteiger partial charge in [-0.1, -0.05) is 6.92 Å². The van der Waals surface area contributed by atoms with Crippen molar-refractivity contribution in [3.63, 3.8) is 0 Å². The largest absolute Gasteiger partial charge is 0.352 e. The Hall–Kier alpha value is -1.36. The second-order valence-electron chi connectivity index (χ2n) is 4.50. The number of hydrogen-bond donors (Lipinski definition) is 0. The smallest absolute Gasteiger partial charge is 0.228 e. The van der Waals surface area contributed by atoms with Gasteiger partial charge >= 0.3 is 0 Å². The number of amides is 1. The average molecular weight is 269 g/mol. The lowest BCUT2D eigenvalue weighted by Gasteiger charge is -2.29. The van der Waals surface area contributed by atoms with E-state index in [-0.39, 0.29) is 11.2 Å². The zero-order valence-corrected chi connectivity index (χ0v) is 11.6. The molecule has 0 saturated heterocycles. The molecule has 0 radical (unpaired) electrons. The molecule has 18 heavy (non-hydrogen) atoms. The Morgan fingerprint density at radius 3 is 2.94 bits per heavy atom. The van der Waals surface area contributed by atoms with Crippen molar-refractivity contribution in [1.29, 1.82) is 0 Å². The molecule has 6 heteroatoms. The van der Waals surface area contributed by atoms with Gasteiger partial charge in [-0.2, -0.15) is 4.98 Å². The summed E-state index contributed by atoms with van der Waals surface area (Å²) in [7, 11) is 1.75. The zero-order chi connectivity index (χ0) is 13.3. The number of aromatic nitrogens is 2. The average Bonchev–Trinajstić information content (AvgIpc) is 2.48. The molecule has 2 heterocycles. The van der Waals surface area contributed by atoms with Gasteiger partial charge in [-0.3, -0.25) is 4.79 Å². The van der Waals surface area contributed by atoms with Crippen LogP contribution in [0, 0.1) is 0 Å². The zero-order valence-electron chi connectivity index (χ0n) is 10.9. The van der Waals surface area contributed by atoms with Gasteiger partial charge in [0.2, 0.25) is 11.2 Å². The fourth-order valence-corrected chi connectivity index (χ4v) is 2.20. The van der Waals surface area contributed by atoms with Gasteiger partial charge in [0.05, 0.1) is 6.20 Å². The molecule has 1 aromatic rings. The number of carbonyl (C=O) groups excluding carboxylic acids is 1. The summed E-state index contributed by atoms with van der Waals surface area (Å²) in [5.74, 6) is 0.825. The van der Waals surface area contributed by atoms with E-state index in [0.29, 0.717) is 19.0 Å². The van der Waals surface area contributed by atoms with E-state index in [0.717, 1.165) is 17.9 Å². The molecule has 0 fully saturated rings. The predicted molar refractivity (Wildman–Crippen MR) is 72.2 cm³/mol. The summed E-state index contributed by atoms with van der Waals surface area (Å²) in [4.78, 5) is 23.9. The summed E-state index contributed by atoms with van der Waals surface area (Å²) >= 11 is 5.87. The van der Waals surface area contributed by atoms with Crippen LogP contribution in [0.5, 0.6) is 0 Å². The van der Waals surface area contributed by atoms with Crippen LogP contribution in [0.15, 0.2) is 6.20 Å². The lowest BCUT2D eigenvalue weighted by Crippen LogP contribution is -2.34. The molecule has 1 aromatic heterocycles. The third kappa shape index (κ3) is 2.27. The van der Waals surface area contributed by atoms with E-state index in [9.17, 15) is 4.79 Å². The third-order valence-corrected chi connectivity index (χ3v) is 3.60. The van der Waals surface area contributed by atoms with Gasteiger partial charge in [-0.05, 0) is 24.9 Å². The Morgan fingerprint density at radius 1 is 1.56 bits per heavy atom. The minimum absolute atomic E-state index is 0.0768. The lowest BCUT2D eigenvalue weighted by atomic mass is 10.2. The quantitative estimate of drug-likeness (QED) is 0.771. The first-order chi connectivity index (χ1) is 8.54. The number of nitrogens with zero attached hydrogens (tertiary/aromatic N) is 4. The van der Waals surface area contributed by atoms with Crippen molar-refractivity contribution in [3.05, 3.63) is 11.5 Å². The highest BCUT2D eigenvalue weighted by atomic mass is 35.5. The van der Waals surface area contributed by atoms with Crippen molar-refractivity contribution in [2.24, 2.45) is 0 Å². The van der Waals surface area contributed by atoms with Crippen LogP contribution in [-0.4, -0.2) is 35.5 Å². The minimum atomic E-state index is 0.0768. The summed E-state index contributed by atoms with van der Waals surface area (Å²) < 4.78 is 0. The molecule has 98 valence electrons. The van der Waals surface area contributed by atoms with E-state index in [4.69, 9.17) is 11.6 Å². The van der Waals surface area contributed by atoms with Gasteiger partial charge in [-0.25, -0.2) is 4.98 Å². The number of fused-ring (bicyclic) bond motifs is 1. The second kappa shape index (κ2) is 5.10. The first-order valence-corrected chi connectivity index (χ1v) is 6.48. The van der Waals surface area contributed by atoms with Crippen LogP contribution in [0.2, 0.25) is 5.28 Å². The molecule has 0 bridgehead atoms. The summed E-state index contributed by atoms with van der Waals surface area (Å²) in [5, 5.41) is 0.213. The van der Waals surface area contributed by atoms with E-state index < -0.39 is 0 Å². The van der Waals surface area contributed by atoms with Gasteiger partial charge in [0, 0.05) is 26.1 Å². The Morgan fingerprint density at radius 2 is 2.28 bits per heavy atom. The fraction of sp³-hybridized carbons (Fsp3) is 0.583. The summed E-state index contributed by atoms with van der Waals surface area (Å²) in [6.07, 6.45) is 3.08. The van der Waals surface area contributed by atoms with Crippen LogP contribution < -0.4 is 9.80 Å². The lowest BCUT2D eigenvalue weighted by molar-refractivity contribution is -0.118. The molecule has 1 amide bonds. The first kappa shape index (κ1) is 13.1. The molecule has 2 rings (SSSR count). The molecule has 0 spiro atoms. The van der Waals surface area contributed by atoms with Gasteiger partial charge < -0.3 is 9.80 Å². The van der Waals surface area contributed by atoms with Crippen molar-refractivity contribution in [3.8, 4) is 0 Å². The maximum absolute atomic E-state index is 11.9. The van der Waals surface area contributed by atoms with Crippen LogP contribution >= 0.6 is 11.6 Å². The highest BCUT2D eigenvalue weighted by molar-refractivity contribution is 6.28. The van der Waals surface area contributed by atoms with Crippen LogP contribution in [0.3, 0.4) is 0 Å². The highest BCUT2D eigenvalue weighted by Crippen LogP contribution is 2.31. The van der Waals surface area contributed by atoms with Crippen molar-refractivity contribution in [1.82, 2.24) is 9.97 Å². The molecule has 5 nitrogen and oxygen atoms in total. The van der Waals surface area contributed by atoms with Crippen LogP contribution in [0.25, 0.3) is 0 Å². The van der Waals surface area contributed by atoms with Gasteiger partial charge in [0.1, 0.15) is 5.69 Å². The monoisotopic (exact) mass is 268 g/mol. The van der Waals surface area contributed by atoms with E-state index >= 15 is 0 Å². The topological polar surface area (TPSA) is 49.3 Å². The molecule has 1 aliphatic rings. The number of anilines is 2. The van der Waals surface area contributed by atoms with Crippen LogP contribution in [-0.2, 0) is 4.79 Å². The SMILES string of the molecule is CCC(C)N1CCC(=O)N(C)c2cnc(Cl)nc21. The van der Waals surface area contributed by atoms with Crippen LogP contribution in [0.4, 0.5) is 11.5 Å². The van der Waals surface area contributed by atoms with E-state index in [1.165, 1.54) is 0 Å². The van der Waals surface area contributed by atoms with E-state index in [2.05, 4.69) is 28.7 Å². The number of carbonyl (C=O) groups is 1. The van der Waals surface area contributed by atoms with Crippen molar-refractivity contribution < 1.29 is 4.79 Å². The standard InChI is InChI=1S/C12H17ClN4O/c1-4-8(2)17-6-5-10(18)16(3)9-7-14-12(13)15-11(9)17/h7-8H,4-6H2,1-3H3. The molecule has 0 aliphatic carbocycles. The minimum Gasteiger partial charge on any atom is -0.352 e. The number of halogens is 1. The second-order valence-corrected chi connectivity index (χ2v) is 4.84. The maximum atomic E-state index is 11.9. The van der Waals surface area contributed by atoms with Crippen molar-refractivity contribution in [2.75, 3.05) is 23.4 Å². The first-order valence-electron chi connectivity index (χ1n) is 6.10. The van der Waals surface area contributed by atoms with Gasteiger partial charge in [0.25, 0.3) is 0 Å². The van der Waals surface area contributed by atoms with Gasteiger partial charge in [0.15, 0.2) is 5.82 Å². The Kier molecular flexibility index (Phi) is 3.71. The number of rotatable bonds is 2. The fourth-order valence-electron chi connectivity index (χ4n) is 2.07. The molecule has 0 aromatic carbocycles. The molecule has 1 aliphatic heterocycles. The van der Waals surface area contributed by atoms with E-state index in [1.807, 2.05) is 0 Å². The normalized spacial score (nSPS) is 17.4. The highest BCUT2D eigenvalue weighted by Gasteiger charge is 2.27. The predicted octanol–water partition coefficient (Wildman–Crippen LogP) is 2.10. The molecular formula is C12H17ClN4O. The Balaban J connectivity index is 2.51. The number of hydrogen-bond acceptors (Lipinski definition) is 4. The Labute approximate surface area is 112 Å². The van der Waals surface area contributed by atoms with Crippen molar-refractivity contribution in [2.45, 2.75) is 32.7 Å². The molecule has 0 N–H and O–H groups in total. The third-order valence-electron chi connectivity index (χ3n) is 3.42. The Bertz CT molecular complexity index is 465. The molecular weight excluding hydrogens is 252 g/mol. The summed E-state index contributed by atoms with van der Waals surface area (Å²) in [6.45, 7) is 4.90. The molecule has 1 unspecified atom stereocenters. The van der Waals surface area contributed by atoms with Crippen molar-refractivity contribution >= 4 is 29.0 Å². The summed E-state index contributed by atoms with van der Waals surface area (Å²) in [6, 6.07) is 0.314. The maximum Gasteiger partial charge on any atom is 0.228 e. The molecule has 0 saturated carbocycles. The van der Waals surface area contributed by atoms with E-state index in [1.54, 1.807) is 18.1 Å². The summed E-state index contributed by atoms with van der Waals surface area (Å²) in [5.41, 5.74) is 0.724.